The Morgan fingerprint density at radius 2 is 1.87 bits per heavy atom. The Hall–Kier alpha value is -3.32. The zero-order valence-corrected chi connectivity index (χ0v) is 22.7. The molecule has 12 heteroatoms. The molecule has 202 valence electrons. The molecule has 0 saturated carbocycles. The lowest BCUT2D eigenvalue weighted by molar-refractivity contribution is 0.0229. The predicted molar refractivity (Wildman–Crippen MR) is 151 cm³/mol. The number of amides is 1. The predicted octanol–water partition coefficient (Wildman–Crippen LogP) is 1.73. The number of amidine groups is 1. The number of hydrogen-bond acceptors (Lipinski definition) is 8. The third-order valence-electron chi connectivity index (χ3n) is 7.27. The summed E-state index contributed by atoms with van der Waals surface area (Å²) in [6.45, 7) is 8.61. The van der Waals surface area contributed by atoms with Crippen molar-refractivity contribution in [2.24, 2.45) is 0 Å². The standard InChI is InChI=1S/C26H35N9O2S/c1-18-3-4-19(25(36)33-9-7-32(2)8-10-33)15-22(18)30-26(38)35-6-5-21(24(35)27)23(20-16-28-29-17-20)31-34-11-13-37-14-12-34/h3-4,15-17,27,31H,5-14H2,1-2H3,(H,28,29)(H,30,38)/b23-21-,27-24?. The van der Waals surface area contributed by atoms with Gasteiger partial charge in [0, 0.05) is 74.4 Å². The number of carbonyl (C=O) groups excluding carboxylic acids is 1. The number of H-pyrrole nitrogens is 1. The van der Waals surface area contributed by atoms with Crippen molar-refractivity contribution in [3.63, 3.8) is 0 Å². The lowest BCUT2D eigenvalue weighted by atomic mass is 10.1. The summed E-state index contributed by atoms with van der Waals surface area (Å²) in [4.78, 5) is 19.1. The van der Waals surface area contributed by atoms with Crippen LogP contribution in [0.15, 0.2) is 36.2 Å². The highest BCUT2D eigenvalue weighted by Gasteiger charge is 2.30. The maximum atomic E-state index is 13.1. The molecule has 4 N–H and O–H groups in total. The summed E-state index contributed by atoms with van der Waals surface area (Å²) in [5.41, 5.74) is 8.52. The van der Waals surface area contributed by atoms with Gasteiger partial charge in [-0.2, -0.15) is 5.10 Å². The van der Waals surface area contributed by atoms with E-state index in [0.717, 1.165) is 67.4 Å². The number of thiocarbonyl (C=S) groups is 1. The van der Waals surface area contributed by atoms with Crippen LogP contribution in [0.25, 0.3) is 5.70 Å². The van der Waals surface area contributed by atoms with Gasteiger partial charge in [-0.15, -0.1) is 0 Å². The largest absolute Gasteiger partial charge is 0.379 e. The number of rotatable bonds is 5. The van der Waals surface area contributed by atoms with Gasteiger partial charge in [0.2, 0.25) is 0 Å². The molecule has 38 heavy (non-hydrogen) atoms. The first-order valence-corrected chi connectivity index (χ1v) is 13.4. The molecule has 3 aliphatic rings. The molecule has 3 saturated heterocycles. The fourth-order valence-electron chi connectivity index (χ4n) is 4.85. The number of nitrogens with one attached hydrogen (secondary N) is 4. The first kappa shape index (κ1) is 26.3. The van der Waals surface area contributed by atoms with E-state index >= 15 is 0 Å². The highest BCUT2D eigenvalue weighted by molar-refractivity contribution is 7.80. The fourth-order valence-corrected chi connectivity index (χ4v) is 5.15. The molecule has 0 unspecified atom stereocenters. The number of anilines is 1. The number of benzene rings is 1. The quantitative estimate of drug-likeness (QED) is 0.423. The second-order valence-corrected chi connectivity index (χ2v) is 10.2. The molecule has 0 spiro atoms. The number of aromatic amines is 1. The van der Waals surface area contributed by atoms with Crippen LogP contribution in [0.5, 0.6) is 0 Å². The van der Waals surface area contributed by atoms with E-state index < -0.39 is 0 Å². The minimum atomic E-state index is 0.0325. The van der Waals surface area contributed by atoms with Crippen LogP contribution < -0.4 is 10.7 Å². The molecule has 0 radical (unpaired) electrons. The van der Waals surface area contributed by atoms with E-state index in [9.17, 15) is 4.79 Å². The summed E-state index contributed by atoms with van der Waals surface area (Å²) in [7, 11) is 2.07. The second-order valence-electron chi connectivity index (χ2n) is 9.86. The van der Waals surface area contributed by atoms with Crippen molar-refractivity contribution in [3.05, 3.63) is 52.9 Å². The van der Waals surface area contributed by atoms with Crippen LogP contribution in [0.3, 0.4) is 0 Å². The van der Waals surface area contributed by atoms with Gasteiger partial charge in [-0.05, 0) is 50.3 Å². The molecular weight excluding hydrogens is 502 g/mol. The highest BCUT2D eigenvalue weighted by Crippen LogP contribution is 2.27. The number of aryl methyl sites for hydroxylation is 1. The van der Waals surface area contributed by atoms with Gasteiger partial charge in [0.25, 0.3) is 5.91 Å². The van der Waals surface area contributed by atoms with Crippen LogP contribution in [-0.2, 0) is 4.74 Å². The number of ether oxygens (including phenoxy) is 1. The monoisotopic (exact) mass is 537 g/mol. The average molecular weight is 538 g/mol. The molecular formula is C26H35N9O2S. The molecule has 3 fully saturated rings. The Morgan fingerprint density at radius 1 is 1.11 bits per heavy atom. The Bertz CT molecular complexity index is 1220. The molecule has 1 aromatic carbocycles. The molecule has 0 bridgehead atoms. The van der Waals surface area contributed by atoms with Crippen LogP contribution in [0, 0.1) is 12.3 Å². The number of likely N-dealkylation sites (tertiary alicyclic amines) is 1. The number of piperazine rings is 1. The van der Waals surface area contributed by atoms with Crippen molar-refractivity contribution in [1.82, 2.24) is 35.3 Å². The van der Waals surface area contributed by atoms with E-state index in [1.165, 1.54) is 0 Å². The Labute approximate surface area is 228 Å². The smallest absolute Gasteiger partial charge is 0.254 e. The fraction of sp³-hybridized carbons (Fsp3) is 0.462. The summed E-state index contributed by atoms with van der Waals surface area (Å²) in [5.74, 6) is 0.381. The summed E-state index contributed by atoms with van der Waals surface area (Å²) in [6.07, 6.45) is 4.25. The lowest BCUT2D eigenvalue weighted by Crippen LogP contribution is -2.47. The van der Waals surface area contributed by atoms with Gasteiger partial charge >= 0.3 is 0 Å². The molecule has 1 aromatic heterocycles. The molecule has 1 amide bonds. The molecule has 11 nitrogen and oxygen atoms in total. The first-order valence-electron chi connectivity index (χ1n) is 13.0. The zero-order chi connectivity index (χ0) is 26.6. The van der Waals surface area contributed by atoms with Gasteiger partial charge in [-0.1, -0.05) is 6.07 Å². The second kappa shape index (κ2) is 11.6. The molecule has 0 atom stereocenters. The lowest BCUT2D eigenvalue weighted by Gasteiger charge is -2.32. The maximum Gasteiger partial charge on any atom is 0.254 e. The van der Waals surface area contributed by atoms with E-state index in [1.54, 1.807) is 11.1 Å². The summed E-state index contributed by atoms with van der Waals surface area (Å²) < 4.78 is 5.48. The SMILES string of the molecule is Cc1ccc(C(=O)N2CCN(C)CC2)cc1NC(=S)N1CC/C(=C(/NN2CCOCC2)c2cn[nH]c2)C1=N. The minimum Gasteiger partial charge on any atom is -0.379 e. The Balaban J connectivity index is 1.31. The van der Waals surface area contributed by atoms with Crippen LogP contribution in [-0.4, -0.2) is 113 Å². The molecule has 5 rings (SSSR count). The van der Waals surface area contributed by atoms with Gasteiger partial charge < -0.3 is 30.2 Å². The molecule has 2 aromatic rings. The van der Waals surface area contributed by atoms with Crippen LogP contribution in [0.1, 0.15) is 27.9 Å². The number of morpholine rings is 1. The first-order chi connectivity index (χ1) is 18.4. The Morgan fingerprint density at radius 3 is 2.58 bits per heavy atom. The van der Waals surface area contributed by atoms with Crippen molar-refractivity contribution in [1.29, 1.82) is 5.41 Å². The minimum absolute atomic E-state index is 0.0325. The molecule has 0 aliphatic carbocycles. The van der Waals surface area contributed by atoms with Crippen molar-refractivity contribution in [2.75, 3.05) is 71.4 Å². The molecule has 3 aliphatic heterocycles. The van der Waals surface area contributed by atoms with E-state index in [2.05, 4.69) is 37.9 Å². The van der Waals surface area contributed by atoms with E-state index in [4.69, 9.17) is 22.4 Å². The van der Waals surface area contributed by atoms with Gasteiger partial charge in [0.05, 0.1) is 25.1 Å². The van der Waals surface area contributed by atoms with Gasteiger partial charge in [-0.3, -0.25) is 15.3 Å². The van der Waals surface area contributed by atoms with Crippen molar-refractivity contribution < 1.29 is 9.53 Å². The number of carbonyl (C=O) groups is 1. The van der Waals surface area contributed by atoms with E-state index in [0.29, 0.717) is 42.7 Å². The summed E-state index contributed by atoms with van der Waals surface area (Å²) in [5, 5.41) is 21.8. The third kappa shape index (κ3) is 5.73. The van der Waals surface area contributed by atoms with E-state index in [1.807, 2.05) is 36.2 Å². The van der Waals surface area contributed by atoms with Crippen molar-refractivity contribution in [2.45, 2.75) is 13.3 Å². The van der Waals surface area contributed by atoms with Crippen LogP contribution >= 0.6 is 12.2 Å². The summed E-state index contributed by atoms with van der Waals surface area (Å²) >= 11 is 5.77. The number of aromatic nitrogens is 2. The number of hydrogen-bond donors (Lipinski definition) is 4. The average Bonchev–Trinajstić information content (AvgIpc) is 3.59. The number of nitrogens with zero attached hydrogens (tertiary/aromatic N) is 5. The number of hydrazine groups is 1. The zero-order valence-electron chi connectivity index (χ0n) is 21.9. The van der Waals surface area contributed by atoms with Gasteiger partial charge in [0.15, 0.2) is 5.11 Å². The van der Waals surface area contributed by atoms with E-state index in [-0.39, 0.29) is 5.91 Å². The molecule has 4 heterocycles. The van der Waals surface area contributed by atoms with Crippen LogP contribution in [0.4, 0.5) is 5.69 Å². The summed E-state index contributed by atoms with van der Waals surface area (Å²) in [6, 6.07) is 5.69. The maximum absolute atomic E-state index is 13.1. The van der Waals surface area contributed by atoms with Gasteiger partial charge in [-0.25, -0.2) is 5.01 Å². The third-order valence-corrected chi connectivity index (χ3v) is 7.60. The normalized spacial score (nSPS) is 20.5. The highest BCUT2D eigenvalue weighted by atomic mass is 32.1. The topological polar surface area (TPSA) is 116 Å². The van der Waals surface area contributed by atoms with Gasteiger partial charge in [0.1, 0.15) is 5.84 Å². The van der Waals surface area contributed by atoms with Crippen molar-refractivity contribution in [3.8, 4) is 0 Å². The Kier molecular flexibility index (Phi) is 8.03. The van der Waals surface area contributed by atoms with Crippen LogP contribution in [0.2, 0.25) is 0 Å². The van der Waals surface area contributed by atoms with Crippen molar-refractivity contribution >= 4 is 40.5 Å². The number of likely N-dealkylation sites (N-methyl/N-ethyl adjacent to an activating group) is 1.